The van der Waals surface area contributed by atoms with Gasteiger partial charge in [0, 0.05) is 40.8 Å². The van der Waals surface area contributed by atoms with Gasteiger partial charge in [-0.3, -0.25) is 4.79 Å². The Balaban J connectivity index is 1.24. The number of aryl methyl sites for hydroxylation is 2. The van der Waals surface area contributed by atoms with E-state index >= 15 is 0 Å². The minimum absolute atomic E-state index is 0.0986. The molecule has 1 heterocycles. The third kappa shape index (κ3) is 4.91. The van der Waals surface area contributed by atoms with Crippen LogP contribution >= 0.6 is 0 Å². The molecular weight excluding hydrogens is 394 g/mol. The summed E-state index contributed by atoms with van der Waals surface area (Å²) in [6.07, 6.45) is 12.6. The number of nitrogens with one attached hydrogen (secondary N) is 3. The van der Waals surface area contributed by atoms with Gasteiger partial charge in [-0.05, 0) is 74.3 Å². The highest BCUT2D eigenvalue weighted by Gasteiger charge is 2.27. The summed E-state index contributed by atoms with van der Waals surface area (Å²) in [6, 6.07) is 17.8. The quantitative estimate of drug-likeness (QED) is 0.405. The van der Waals surface area contributed by atoms with E-state index in [1.54, 1.807) is 0 Å². The first-order chi connectivity index (χ1) is 15.8. The Morgan fingerprint density at radius 2 is 1.81 bits per heavy atom. The number of fused-ring (bicyclic) bond motifs is 3. The second-order valence-electron chi connectivity index (χ2n) is 9.61. The van der Waals surface area contributed by atoms with E-state index in [4.69, 9.17) is 0 Å². The zero-order valence-electron chi connectivity index (χ0n) is 19.0. The van der Waals surface area contributed by atoms with E-state index in [0.29, 0.717) is 18.5 Å². The van der Waals surface area contributed by atoms with E-state index in [1.165, 1.54) is 72.7 Å². The molecule has 5 rings (SSSR count). The van der Waals surface area contributed by atoms with Crippen molar-refractivity contribution in [2.45, 2.75) is 82.7 Å². The fraction of sp³-hybridized carbons (Fsp3) is 0.464. The van der Waals surface area contributed by atoms with Gasteiger partial charge in [0.2, 0.25) is 5.91 Å². The Bertz CT molecular complexity index is 1050. The van der Waals surface area contributed by atoms with Gasteiger partial charge < -0.3 is 15.6 Å². The number of rotatable bonds is 7. The van der Waals surface area contributed by atoms with Gasteiger partial charge in [-0.15, -0.1) is 0 Å². The molecule has 1 saturated carbocycles. The van der Waals surface area contributed by atoms with Gasteiger partial charge in [-0.2, -0.15) is 0 Å². The lowest BCUT2D eigenvalue weighted by atomic mass is 9.89. The Morgan fingerprint density at radius 1 is 0.969 bits per heavy atom. The molecule has 168 valence electrons. The summed E-state index contributed by atoms with van der Waals surface area (Å²) in [5, 5.41) is 8.36. The maximum atomic E-state index is 12.5. The molecule has 0 saturated heterocycles. The van der Waals surface area contributed by atoms with Crippen LogP contribution in [0.15, 0.2) is 48.5 Å². The van der Waals surface area contributed by atoms with E-state index in [9.17, 15) is 4.79 Å². The lowest BCUT2D eigenvalue weighted by Crippen LogP contribution is -2.36. The number of aromatic amines is 1. The summed E-state index contributed by atoms with van der Waals surface area (Å²) in [5.41, 5.74) is 6.21. The average molecular weight is 430 g/mol. The molecule has 0 spiro atoms. The van der Waals surface area contributed by atoms with Crippen LogP contribution in [-0.4, -0.2) is 16.9 Å². The van der Waals surface area contributed by atoms with Gasteiger partial charge in [0.05, 0.1) is 0 Å². The molecule has 4 nitrogen and oxygen atoms in total. The highest BCUT2D eigenvalue weighted by Crippen LogP contribution is 2.36. The molecule has 3 aromatic rings. The van der Waals surface area contributed by atoms with Crippen molar-refractivity contribution in [2.24, 2.45) is 0 Å². The van der Waals surface area contributed by atoms with Crippen molar-refractivity contribution < 1.29 is 4.79 Å². The number of amides is 1. The van der Waals surface area contributed by atoms with Crippen LogP contribution in [0.4, 0.5) is 5.69 Å². The van der Waals surface area contributed by atoms with Crippen molar-refractivity contribution in [1.82, 2.24) is 10.3 Å². The zero-order valence-corrected chi connectivity index (χ0v) is 19.0. The van der Waals surface area contributed by atoms with E-state index in [2.05, 4.69) is 52.0 Å². The molecule has 2 aliphatic rings. The van der Waals surface area contributed by atoms with Crippen LogP contribution < -0.4 is 10.6 Å². The number of hydrogen-bond donors (Lipinski definition) is 3. The van der Waals surface area contributed by atoms with Crippen LogP contribution in [0.5, 0.6) is 0 Å². The molecule has 1 atom stereocenters. The molecule has 4 heteroatoms. The molecule has 2 aliphatic carbocycles. The first-order valence-electron chi connectivity index (χ1n) is 12.5. The van der Waals surface area contributed by atoms with Gasteiger partial charge in [0.25, 0.3) is 0 Å². The first kappa shape index (κ1) is 21.3. The van der Waals surface area contributed by atoms with Crippen LogP contribution in [-0.2, 0) is 17.6 Å². The fourth-order valence-electron chi connectivity index (χ4n) is 5.58. The molecule has 1 unspecified atom stereocenters. The number of hydrogen-bond acceptors (Lipinski definition) is 2. The molecule has 0 radical (unpaired) electrons. The van der Waals surface area contributed by atoms with Crippen LogP contribution in [0, 0.1) is 0 Å². The van der Waals surface area contributed by atoms with Gasteiger partial charge >= 0.3 is 0 Å². The first-order valence-corrected chi connectivity index (χ1v) is 12.5. The van der Waals surface area contributed by atoms with E-state index in [1.807, 2.05) is 12.1 Å². The van der Waals surface area contributed by atoms with Gasteiger partial charge in [0.15, 0.2) is 0 Å². The largest absolute Gasteiger partial charge is 0.357 e. The monoisotopic (exact) mass is 429 g/mol. The Hall–Kier alpha value is -2.59. The summed E-state index contributed by atoms with van der Waals surface area (Å²) < 4.78 is 0. The van der Waals surface area contributed by atoms with Crippen LogP contribution in [0.3, 0.4) is 0 Å². The van der Waals surface area contributed by atoms with Crippen LogP contribution in [0.25, 0.3) is 10.9 Å². The molecule has 0 bridgehead atoms. The topological polar surface area (TPSA) is 56.9 Å². The van der Waals surface area contributed by atoms with Crippen molar-refractivity contribution in [3.05, 3.63) is 65.4 Å². The predicted molar refractivity (Wildman–Crippen MR) is 132 cm³/mol. The standard InChI is InChI=1S/C28H35N3O/c32-27(16-7-11-20-9-3-1-4-10-20)30-22-17-18-25-24(19-22)23-14-8-15-26(28(23)31-25)29-21-12-5-2-6-13-21/h1,3-4,9-10,17-19,21,26,29,31H,2,5-8,11-16H2,(H,30,32). The van der Waals surface area contributed by atoms with E-state index in [-0.39, 0.29) is 5.91 Å². The van der Waals surface area contributed by atoms with Crippen LogP contribution in [0.2, 0.25) is 0 Å². The highest BCUT2D eigenvalue weighted by atomic mass is 16.1. The molecule has 3 N–H and O–H groups in total. The van der Waals surface area contributed by atoms with Crippen molar-refractivity contribution in [2.75, 3.05) is 5.32 Å². The zero-order chi connectivity index (χ0) is 21.8. The number of aromatic nitrogens is 1. The van der Waals surface area contributed by atoms with Gasteiger partial charge in [-0.25, -0.2) is 0 Å². The minimum atomic E-state index is 0.0986. The van der Waals surface area contributed by atoms with E-state index in [0.717, 1.165) is 24.9 Å². The smallest absolute Gasteiger partial charge is 0.224 e. The lowest BCUT2D eigenvalue weighted by Gasteiger charge is -2.31. The third-order valence-corrected chi connectivity index (χ3v) is 7.25. The second-order valence-corrected chi connectivity index (χ2v) is 9.61. The van der Waals surface area contributed by atoms with Crippen molar-refractivity contribution in [3.8, 4) is 0 Å². The maximum absolute atomic E-state index is 12.5. The number of benzene rings is 2. The average Bonchev–Trinajstić information content (AvgIpc) is 3.20. The molecule has 1 amide bonds. The van der Waals surface area contributed by atoms with Crippen molar-refractivity contribution in [3.63, 3.8) is 0 Å². The number of H-pyrrole nitrogens is 1. The predicted octanol–water partition coefficient (Wildman–Crippen LogP) is 6.43. The summed E-state index contributed by atoms with van der Waals surface area (Å²) in [4.78, 5) is 16.2. The molecular formula is C28H35N3O. The van der Waals surface area contributed by atoms with Gasteiger partial charge in [-0.1, -0.05) is 49.6 Å². The number of carbonyl (C=O) groups is 1. The Labute approximate surface area is 191 Å². The van der Waals surface area contributed by atoms with Crippen molar-refractivity contribution >= 4 is 22.5 Å². The summed E-state index contributed by atoms with van der Waals surface area (Å²) in [7, 11) is 0. The summed E-state index contributed by atoms with van der Waals surface area (Å²) in [5.74, 6) is 0.0986. The Morgan fingerprint density at radius 3 is 2.66 bits per heavy atom. The summed E-state index contributed by atoms with van der Waals surface area (Å²) in [6.45, 7) is 0. The van der Waals surface area contributed by atoms with Crippen LogP contribution in [0.1, 0.15) is 80.7 Å². The number of carbonyl (C=O) groups excluding carboxylic acids is 1. The maximum Gasteiger partial charge on any atom is 0.224 e. The fourth-order valence-corrected chi connectivity index (χ4v) is 5.58. The van der Waals surface area contributed by atoms with E-state index < -0.39 is 0 Å². The highest BCUT2D eigenvalue weighted by molar-refractivity contribution is 5.95. The second kappa shape index (κ2) is 9.91. The number of anilines is 1. The van der Waals surface area contributed by atoms with Crippen molar-refractivity contribution in [1.29, 1.82) is 0 Å². The minimum Gasteiger partial charge on any atom is -0.357 e. The summed E-state index contributed by atoms with van der Waals surface area (Å²) >= 11 is 0. The molecule has 1 fully saturated rings. The molecule has 1 aromatic heterocycles. The normalized spacial score (nSPS) is 19.1. The SMILES string of the molecule is O=C(CCCc1ccccc1)Nc1ccc2[nH]c3c(c2c1)CCCC3NC1CCCCC1. The molecule has 0 aliphatic heterocycles. The van der Waals surface area contributed by atoms with Gasteiger partial charge in [0.1, 0.15) is 0 Å². The molecule has 2 aromatic carbocycles. The lowest BCUT2D eigenvalue weighted by molar-refractivity contribution is -0.116. The molecule has 32 heavy (non-hydrogen) atoms. The Kier molecular flexibility index (Phi) is 6.59. The third-order valence-electron chi connectivity index (χ3n) is 7.25.